The van der Waals surface area contributed by atoms with Crippen LogP contribution in [0.1, 0.15) is 27.6 Å². The molecule has 0 N–H and O–H groups in total. The highest BCUT2D eigenvalue weighted by molar-refractivity contribution is 5.89. The van der Waals surface area contributed by atoms with Crippen LogP contribution in [0.5, 0.6) is 0 Å². The molecule has 0 aliphatic heterocycles. The second-order valence-corrected chi connectivity index (χ2v) is 9.25. The number of tetrazole rings is 1. The van der Waals surface area contributed by atoms with Crippen molar-refractivity contribution in [2.45, 2.75) is 26.1 Å². The van der Waals surface area contributed by atoms with E-state index >= 15 is 0 Å². The largest absolute Gasteiger partial charge is 0.465 e. The molecular formula is C28H26N8O3. The van der Waals surface area contributed by atoms with Crippen LogP contribution in [0.3, 0.4) is 0 Å². The first-order chi connectivity index (χ1) is 19.0. The van der Waals surface area contributed by atoms with Crippen molar-refractivity contribution in [2.75, 3.05) is 7.11 Å². The number of fused-ring (bicyclic) bond motifs is 2. The smallest absolute Gasteiger partial charge is 0.337 e. The van der Waals surface area contributed by atoms with Crippen molar-refractivity contribution >= 4 is 28.0 Å². The normalized spacial score (nSPS) is 11.4. The van der Waals surface area contributed by atoms with Gasteiger partial charge in [0.25, 0.3) is 0 Å². The number of rotatable bonds is 8. The van der Waals surface area contributed by atoms with E-state index in [1.54, 1.807) is 28.3 Å². The highest BCUT2D eigenvalue weighted by Gasteiger charge is 2.18. The van der Waals surface area contributed by atoms with Gasteiger partial charge in [-0.25, -0.2) is 14.6 Å². The molecule has 0 atom stereocenters. The van der Waals surface area contributed by atoms with E-state index < -0.39 is 5.97 Å². The summed E-state index contributed by atoms with van der Waals surface area (Å²) in [7, 11) is 3.09. The average molecular weight is 523 g/mol. The van der Waals surface area contributed by atoms with Gasteiger partial charge in [-0.15, -0.1) is 10.2 Å². The Hall–Kier alpha value is -5.06. The van der Waals surface area contributed by atoms with Gasteiger partial charge in [0.1, 0.15) is 5.82 Å². The topological polar surface area (TPSA) is 115 Å². The van der Waals surface area contributed by atoms with E-state index in [1.807, 2.05) is 60.7 Å². The summed E-state index contributed by atoms with van der Waals surface area (Å²) in [5, 5.41) is 12.3. The summed E-state index contributed by atoms with van der Waals surface area (Å²) in [5.74, 6) is 1.02. The maximum absolute atomic E-state index is 13.8. The fourth-order valence-corrected chi connectivity index (χ4v) is 4.90. The number of imidazole rings is 2. The molecule has 11 heteroatoms. The highest BCUT2D eigenvalue weighted by Crippen LogP contribution is 2.20. The van der Waals surface area contributed by atoms with Crippen molar-refractivity contribution in [3.05, 3.63) is 106 Å². The highest BCUT2D eigenvalue weighted by atomic mass is 16.5. The van der Waals surface area contributed by atoms with E-state index in [2.05, 4.69) is 20.0 Å². The lowest BCUT2D eigenvalue weighted by atomic mass is 10.1. The Labute approximate surface area is 222 Å². The van der Waals surface area contributed by atoms with Crippen LogP contribution in [0, 0.1) is 0 Å². The Morgan fingerprint density at radius 2 is 1.51 bits per heavy atom. The Bertz CT molecular complexity index is 1860. The molecule has 196 valence electrons. The lowest BCUT2D eigenvalue weighted by Gasteiger charge is -2.09. The number of hydrogen-bond acceptors (Lipinski definition) is 7. The van der Waals surface area contributed by atoms with Crippen LogP contribution in [-0.2, 0) is 37.8 Å². The number of benzene rings is 3. The van der Waals surface area contributed by atoms with Crippen molar-refractivity contribution in [1.29, 1.82) is 0 Å². The molecule has 3 aromatic heterocycles. The van der Waals surface area contributed by atoms with E-state index in [9.17, 15) is 9.59 Å². The lowest BCUT2D eigenvalue weighted by molar-refractivity contribution is 0.0600. The van der Waals surface area contributed by atoms with Crippen LogP contribution >= 0.6 is 0 Å². The second kappa shape index (κ2) is 10.0. The predicted octanol–water partition coefficient (Wildman–Crippen LogP) is 2.80. The van der Waals surface area contributed by atoms with Gasteiger partial charge in [-0.2, -0.15) is 4.80 Å². The van der Waals surface area contributed by atoms with E-state index in [0.29, 0.717) is 37.4 Å². The molecule has 39 heavy (non-hydrogen) atoms. The summed E-state index contributed by atoms with van der Waals surface area (Å²) in [5.41, 5.74) is 4.72. The Kier molecular flexibility index (Phi) is 6.23. The first-order valence-corrected chi connectivity index (χ1v) is 12.5. The second-order valence-electron chi connectivity index (χ2n) is 9.25. The van der Waals surface area contributed by atoms with Gasteiger partial charge in [0.2, 0.25) is 0 Å². The Balaban J connectivity index is 1.37. The molecule has 0 spiro atoms. The van der Waals surface area contributed by atoms with E-state index in [4.69, 9.17) is 9.72 Å². The maximum Gasteiger partial charge on any atom is 0.337 e. The van der Waals surface area contributed by atoms with Crippen molar-refractivity contribution < 1.29 is 9.53 Å². The lowest BCUT2D eigenvalue weighted by Crippen LogP contribution is -2.26. The summed E-state index contributed by atoms with van der Waals surface area (Å²) >= 11 is 0. The number of hydrogen-bond donors (Lipinski definition) is 0. The molecular weight excluding hydrogens is 496 g/mol. The van der Waals surface area contributed by atoms with E-state index in [-0.39, 0.29) is 5.69 Å². The molecule has 0 unspecified atom stereocenters. The third-order valence-corrected chi connectivity index (χ3v) is 6.78. The molecule has 0 radical (unpaired) electrons. The molecule has 0 aliphatic rings. The quantitative estimate of drug-likeness (QED) is 0.282. The molecule has 0 aliphatic carbocycles. The standard InChI is InChI=1S/C28H26N8O3/c1-33-31-25(30-32-33)15-16-34-22-8-4-3-7-21(22)29-26(34)18-36-24-10-6-5-9-23(24)35(28(36)38)17-19-11-13-20(14-12-19)27(37)39-2/h3-14H,15-18H2,1-2H3. The maximum atomic E-state index is 13.8. The predicted molar refractivity (Wildman–Crippen MR) is 144 cm³/mol. The molecule has 0 saturated carbocycles. The zero-order chi connectivity index (χ0) is 26.9. The van der Waals surface area contributed by atoms with E-state index in [0.717, 1.165) is 33.5 Å². The van der Waals surface area contributed by atoms with Crippen LogP contribution in [0.25, 0.3) is 22.1 Å². The monoisotopic (exact) mass is 522 g/mol. The molecule has 0 saturated heterocycles. The number of nitrogens with zero attached hydrogens (tertiary/aromatic N) is 8. The van der Waals surface area contributed by atoms with Crippen molar-refractivity contribution in [2.24, 2.45) is 7.05 Å². The minimum absolute atomic E-state index is 0.137. The van der Waals surface area contributed by atoms with E-state index in [1.165, 1.54) is 11.9 Å². The van der Waals surface area contributed by atoms with Gasteiger partial charge in [-0.05, 0) is 47.2 Å². The van der Waals surface area contributed by atoms with Gasteiger partial charge >= 0.3 is 11.7 Å². The van der Waals surface area contributed by atoms with Gasteiger partial charge in [0, 0.05) is 13.0 Å². The number of para-hydroxylation sites is 4. The molecule has 3 heterocycles. The number of carbonyl (C=O) groups excluding carboxylic acids is 1. The van der Waals surface area contributed by atoms with Crippen LogP contribution in [-0.4, -0.2) is 52.0 Å². The summed E-state index contributed by atoms with van der Waals surface area (Å²) in [4.78, 5) is 32.0. The molecule has 0 amide bonds. The summed E-state index contributed by atoms with van der Waals surface area (Å²) < 4.78 is 10.4. The number of aryl methyl sites for hydroxylation is 3. The van der Waals surface area contributed by atoms with Crippen LogP contribution in [0.4, 0.5) is 0 Å². The molecule has 6 rings (SSSR count). The van der Waals surface area contributed by atoms with Gasteiger partial charge in [-0.3, -0.25) is 9.13 Å². The van der Waals surface area contributed by atoms with Gasteiger partial charge in [-0.1, -0.05) is 36.4 Å². The third-order valence-electron chi connectivity index (χ3n) is 6.78. The fraction of sp³-hybridized carbons (Fsp3) is 0.214. The first-order valence-electron chi connectivity index (χ1n) is 12.5. The minimum Gasteiger partial charge on any atom is -0.465 e. The summed E-state index contributed by atoms with van der Waals surface area (Å²) in [6.07, 6.45) is 0.583. The molecule has 0 fully saturated rings. The van der Waals surface area contributed by atoms with Gasteiger partial charge in [0.05, 0.1) is 54.9 Å². The molecule has 0 bridgehead atoms. The van der Waals surface area contributed by atoms with Crippen LogP contribution in [0.15, 0.2) is 77.6 Å². The third kappa shape index (κ3) is 4.58. The summed E-state index contributed by atoms with van der Waals surface area (Å²) in [6.45, 7) is 1.26. The van der Waals surface area contributed by atoms with Gasteiger partial charge < -0.3 is 9.30 Å². The number of ether oxygens (including phenoxy) is 1. The summed E-state index contributed by atoms with van der Waals surface area (Å²) in [6, 6.07) is 22.8. The number of esters is 1. The number of methoxy groups -OCH3 is 1. The minimum atomic E-state index is -0.395. The number of carbonyl (C=O) groups is 1. The van der Waals surface area contributed by atoms with Crippen molar-refractivity contribution in [1.82, 2.24) is 38.9 Å². The number of aromatic nitrogens is 8. The molecule has 3 aromatic carbocycles. The average Bonchev–Trinajstić information content (AvgIpc) is 3.62. The molecule has 11 nitrogen and oxygen atoms in total. The zero-order valence-corrected chi connectivity index (χ0v) is 21.6. The van der Waals surface area contributed by atoms with Crippen molar-refractivity contribution in [3.63, 3.8) is 0 Å². The SMILES string of the molecule is COC(=O)c1ccc(Cn2c(=O)n(Cc3nc4ccccc4n3CCc3nnn(C)n3)c3ccccc32)cc1. The fourth-order valence-electron chi connectivity index (χ4n) is 4.90. The van der Waals surface area contributed by atoms with Gasteiger partial charge in [0.15, 0.2) is 5.82 Å². The molecule has 6 aromatic rings. The van der Waals surface area contributed by atoms with Crippen LogP contribution < -0.4 is 5.69 Å². The van der Waals surface area contributed by atoms with Crippen LogP contribution in [0.2, 0.25) is 0 Å². The Morgan fingerprint density at radius 3 is 2.18 bits per heavy atom. The zero-order valence-electron chi connectivity index (χ0n) is 21.6. The Morgan fingerprint density at radius 1 is 0.846 bits per heavy atom. The van der Waals surface area contributed by atoms with Crippen molar-refractivity contribution in [3.8, 4) is 0 Å². The first kappa shape index (κ1) is 24.3.